The number of morpholine rings is 2. The molecule has 0 spiro atoms. The molecular formula is C79H96B2N7O13S2Si+. The van der Waals surface area contributed by atoms with E-state index in [0.29, 0.717) is 60.4 Å². The van der Waals surface area contributed by atoms with Crippen LogP contribution in [-0.4, -0.2) is 207 Å². The van der Waals surface area contributed by atoms with Crippen molar-refractivity contribution in [3.8, 4) is 16.9 Å². The van der Waals surface area contributed by atoms with Crippen molar-refractivity contribution in [3.63, 3.8) is 0 Å². The zero-order valence-electron chi connectivity index (χ0n) is 61.2. The number of unbranched alkanes of at least 4 members (excludes halogenated alkanes) is 1. The summed E-state index contributed by atoms with van der Waals surface area (Å²) in [7, 11) is -4.40. The summed E-state index contributed by atoms with van der Waals surface area (Å²) in [6, 6.07) is 36.5. The van der Waals surface area contributed by atoms with Gasteiger partial charge in [0.05, 0.1) is 43.3 Å². The van der Waals surface area contributed by atoms with E-state index >= 15 is 0 Å². The van der Waals surface area contributed by atoms with Gasteiger partial charge in [-0.05, 0) is 199 Å². The molecule has 0 atom stereocenters. The zero-order valence-corrected chi connectivity index (χ0v) is 63.8. The van der Waals surface area contributed by atoms with Crippen molar-refractivity contribution >= 4 is 109 Å². The van der Waals surface area contributed by atoms with Crippen molar-refractivity contribution in [2.75, 3.05) is 112 Å². The standard InChI is InChI=1S/C79H95B2N7O13S2Si/c1-53(2)74(89)19-14-15-33-85(49-57-43-61(24-29-72(57)80(91)92)102(95,96)87-35-39-100-40-36-87)52-71-64-18-13-12-17-63(64)70(51-86(34-16-32-82-79(90)54(3)4)50-58-44-62(25-30-73(58)81(93)94)103(97,98)88-37-41-101-42-38-88)65-26-20-55(45-68(65)71)56-21-31-75(99-9)69(46-56)78-66-27-22-59(83(5)6)47-76(66)104(10,11)77-48-60(84(7)8)23-28-67(77)78/h12-13,17-18,20-31,43-48,91-94H,1,3,14-16,19,32-42,49-52H2,2,4-11H3/p+1. The van der Waals surface area contributed by atoms with Gasteiger partial charge in [0, 0.05) is 115 Å². The van der Waals surface area contributed by atoms with Crippen molar-refractivity contribution in [3.05, 3.63) is 202 Å². The van der Waals surface area contributed by atoms with Gasteiger partial charge in [0.1, 0.15) is 27.9 Å². The summed E-state index contributed by atoms with van der Waals surface area (Å²) >= 11 is 0. The Morgan fingerprint density at radius 1 is 0.635 bits per heavy atom. The summed E-state index contributed by atoms with van der Waals surface area (Å²) in [5.74, 6) is 0.345. The van der Waals surface area contributed by atoms with Crippen molar-refractivity contribution in [2.45, 2.75) is 88.6 Å². The molecule has 104 heavy (non-hydrogen) atoms. The van der Waals surface area contributed by atoms with Crippen LogP contribution >= 0.6 is 0 Å². The van der Waals surface area contributed by atoms with E-state index in [4.69, 9.17) is 14.2 Å². The first-order valence-corrected chi connectivity index (χ1v) is 41.3. The van der Waals surface area contributed by atoms with E-state index in [-0.39, 0.29) is 124 Å². The lowest BCUT2D eigenvalue weighted by Gasteiger charge is -2.38. The molecule has 7 aromatic rings. The minimum Gasteiger partial charge on any atom is -0.496 e. The highest BCUT2D eigenvalue weighted by Crippen LogP contribution is 2.46. The summed E-state index contributed by atoms with van der Waals surface area (Å²) < 4.78 is 79.9. The van der Waals surface area contributed by atoms with Crippen LogP contribution in [-0.2, 0) is 65.3 Å². The predicted octanol–water partition coefficient (Wildman–Crippen LogP) is 7.02. The number of ketones is 1. The number of carbonyl (C=O) groups is 2. The zero-order chi connectivity index (χ0) is 74.5. The molecule has 1 aliphatic carbocycles. The highest BCUT2D eigenvalue weighted by Gasteiger charge is 2.42. The second-order valence-electron chi connectivity index (χ2n) is 28.4. The van der Waals surface area contributed by atoms with Crippen molar-refractivity contribution in [2.24, 2.45) is 0 Å². The monoisotopic (exact) mass is 1460 g/mol. The Morgan fingerprint density at radius 3 is 1.70 bits per heavy atom. The Labute approximate surface area is 613 Å². The Morgan fingerprint density at radius 2 is 1.17 bits per heavy atom. The van der Waals surface area contributed by atoms with E-state index < -0.39 is 42.4 Å². The maximum Gasteiger partial charge on any atom is 0.488 e. The van der Waals surface area contributed by atoms with Crippen LogP contribution in [0.4, 0.5) is 5.69 Å². The normalized spacial score (nSPS) is 15.6. The number of nitrogens with zero attached hydrogens (tertiary/aromatic N) is 6. The summed E-state index contributed by atoms with van der Waals surface area (Å²) in [6.45, 7) is 19.1. The molecule has 0 bridgehead atoms. The number of fused-ring (bicyclic) bond motifs is 4. The van der Waals surface area contributed by atoms with Gasteiger partial charge in [-0.25, -0.2) is 21.4 Å². The van der Waals surface area contributed by atoms with Gasteiger partial charge in [-0.1, -0.05) is 86.9 Å². The number of carbonyl (C=O) groups excluding carboxylic acids is 2. The number of ether oxygens (including phenoxy) is 3. The molecule has 25 heteroatoms. The van der Waals surface area contributed by atoms with Gasteiger partial charge >= 0.3 is 14.2 Å². The first-order chi connectivity index (χ1) is 49.6. The van der Waals surface area contributed by atoms with Crippen molar-refractivity contribution < 1.29 is 65.3 Å². The summed E-state index contributed by atoms with van der Waals surface area (Å²) in [4.78, 5) is 32.5. The number of hydrogen-bond acceptors (Lipinski definition) is 16. The minimum absolute atomic E-state index is 0.00193. The van der Waals surface area contributed by atoms with Gasteiger partial charge in [0.15, 0.2) is 11.5 Å². The van der Waals surface area contributed by atoms with Crippen LogP contribution in [0.15, 0.2) is 178 Å². The molecular weight excluding hydrogens is 1370 g/mol. The second kappa shape index (κ2) is 32.8. The van der Waals surface area contributed by atoms with Crippen LogP contribution in [0.1, 0.15) is 72.9 Å². The van der Waals surface area contributed by atoms with E-state index in [0.717, 1.165) is 77.5 Å². The number of methoxy groups -OCH3 is 1. The number of anilines is 1. The molecule has 20 nitrogen and oxygen atoms in total. The van der Waals surface area contributed by atoms with E-state index in [1.54, 1.807) is 21.0 Å². The first kappa shape index (κ1) is 77.1. The molecule has 0 saturated carbocycles. The smallest absolute Gasteiger partial charge is 0.488 e. The lowest BCUT2D eigenvalue weighted by Crippen LogP contribution is -2.49. The van der Waals surface area contributed by atoms with Crippen molar-refractivity contribution in [1.29, 1.82) is 0 Å². The average molecular weight is 1470 g/mol. The van der Waals surface area contributed by atoms with Crippen LogP contribution in [0, 0.1) is 0 Å². The van der Waals surface area contributed by atoms with Crippen LogP contribution in [0.25, 0.3) is 38.2 Å². The number of rotatable bonds is 29. The Bertz CT molecular complexity index is 4870. The van der Waals surface area contributed by atoms with Gasteiger partial charge < -0.3 is 44.5 Å². The predicted molar refractivity (Wildman–Crippen MR) is 418 cm³/mol. The lowest BCUT2D eigenvalue weighted by molar-refractivity contribution is -0.462. The van der Waals surface area contributed by atoms with E-state index in [1.807, 2.05) is 18.2 Å². The molecule has 7 aromatic carbocycles. The molecule has 0 aromatic heterocycles. The number of sulfonamides is 2. The molecule has 0 unspecified atom stereocenters. The third-order valence-electron chi connectivity index (χ3n) is 20.5. The SMILES string of the molecule is C=C(C)C(=O)CCCCN(Cc1cc(S(=O)(=O)N2CCOCC2)ccc1B(O)O)Cc1c2ccccc2c(CN(CCCNC(=O)C(=C)C)Cc2cc(S(=O)(=O)N3CCOCC3)ccc2B(O)O)c2ccc(-c3ccc(OC)c(C4=C5C=CC(=[N+](C)C)C=C5[Si](C)(C)c5cc(N(C)C)ccc54)c3)cc12. The van der Waals surface area contributed by atoms with E-state index in [9.17, 15) is 46.5 Å². The van der Waals surface area contributed by atoms with Crippen LogP contribution < -0.4 is 31.1 Å². The summed E-state index contributed by atoms with van der Waals surface area (Å²) in [6.07, 6.45) is 8.53. The topological polar surface area (TPSA) is 242 Å². The lowest BCUT2D eigenvalue weighted by atomic mass is 9.77. The largest absolute Gasteiger partial charge is 0.496 e. The van der Waals surface area contributed by atoms with Crippen LogP contribution in [0.3, 0.4) is 0 Å². The minimum atomic E-state index is -4.05. The van der Waals surface area contributed by atoms with E-state index in [2.05, 4.69) is 158 Å². The molecule has 4 aliphatic rings. The fourth-order valence-electron chi connectivity index (χ4n) is 14.6. The number of amides is 1. The Hall–Kier alpha value is -7.98. The molecule has 0 radical (unpaired) electrons. The number of nitrogens with one attached hydrogen (secondary N) is 1. The third kappa shape index (κ3) is 16.7. The number of Topliss-reactive ketones (excluding diaryl/α,β-unsaturated/α-hetero) is 1. The molecule has 546 valence electrons. The Kier molecular flexibility index (Phi) is 24.3. The highest BCUT2D eigenvalue weighted by atomic mass is 32.2. The first-order valence-electron chi connectivity index (χ1n) is 35.5. The van der Waals surface area contributed by atoms with E-state index in [1.165, 1.54) is 55.4 Å². The molecule has 2 fully saturated rings. The molecule has 3 aliphatic heterocycles. The van der Waals surface area contributed by atoms with Crippen LogP contribution in [0.5, 0.6) is 5.75 Å². The quantitative estimate of drug-likeness (QED) is 0.0104. The van der Waals surface area contributed by atoms with Gasteiger partial charge in [0.25, 0.3) is 0 Å². The fourth-order valence-corrected chi connectivity index (χ4v) is 20.6. The van der Waals surface area contributed by atoms with Crippen molar-refractivity contribution in [1.82, 2.24) is 23.7 Å². The summed E-state index contributed by atoms with van der Waals surface area (Å²) in [5.41, 5.74) is 11.9. The van der Waals surface area contributed by atoms with Gasteiger partial charge in [-0.15, -0.1) is 0 Å². The van der Waals surface area contributed by atoms with Gasteiger partial charge in [0.2, 0.25) is 26.0 Å². The average Bonchev–Trinajstić information content (AvgIpc) is 0.714. The van der Waals surface area contributed by atoms with Crippen LogP contribution in [0.2, 0.25) is 13.1 Å². The number of benzene rings is 7. The van der Waals surface area contributed by atoms with Gasteiger partial charge in [-0.2, -0.15) is 8.61 Å². The highest BCUT2D eigenvalue weighted by molar-refractivity contribution is 7.89. The molecule has 11 rings (SSSR count). The third-order valence-corrected chi connectivity index (χ3v) is 27.8. The summed E-state index contributed by atoms with van der Waals surface area (Å²) in [5, 5.41) is 53.3. The number of allylic oxidation sites excluding steroid dienone is 6. The fraction of sp³-hybridized carbons (Fsp3) is 0.354. The van der Waals surface area contributed by atoms with Gasteiger partial charge in [-0.3, -0.25) is 19.4 Å². The maximum atomic E-state index is 14.4. The molecule has 2 saturated heterocycles. The Balaban J connectivity index is 1.12. The maximum absolute atomic E-state index is 14.4. The molecule has 1 amide bonds. The molecule has 3 heterocycles. The molecule has 5 N–H and O–H groups in total. The second-order valence-corrected chi connectivity index (χ2v) is 36.6. The number of hydrogen-bond donors (Lipinski definition) is 5.